The van der Waals surface area contributed by atoms with E-state index in [1.54, 1.807) is 72.7 Å². The van der Waals surface area contributed by atoms with Crippen molar-refractivity contribution in [2.24, 2.45) is 32.7 Å². The van der Waals surface area contributed by atoms with Crippen LogP contribution in [0.5, 0.6) is 0 Å². The standard InChI is InChI=1S/C21H23N3O2.C15H18N2O3.C15H17NO3.C8H5NO3.C6H8N2/c22-17-10-5-7-12-19(17)24-20(25)13-3-1-2-8-15-14-23-18-11-6-4-9-16(18)21(15)26;18-14(17-20)9-3-1-2-6-11-10-16-13-8-5-4-7-12(13)15(11)19;17-14(18)9-3-1-2-6-11-10-16-13-8-5-4-7-12(13)15(11)19;10-7-5-3-1-2-4-6(5)9-8(11)12-7;7-5-3-1-2-4-6(5)8/h4-7,9-12,14-15H,1-3,8,13,22H2,(H,24,25);4-5,7-8,10-11,20H,1-3,6,9H2,(H,17,18);4-5,7-8,10-11H,1-3,6,9H2,(H,17,18);1-4H,(H,9,11);1-4H,7-8H2. The molecule has 0 spiro atoms. The van der Waals surface area contributed by atoms with E-state index in [-0.39, 0.29) is 53.3 Å². The highest BCUT2D eigenvalue weighted by Gasteiger charge is 2.26. The molecule has 0 saturated carbocycles. The quantitative estimate of drug-likeness (QED) is 0.0162. The lowest BCUT2D eigenvalue weighted by atomic mass is 9.90. The Hall–Kier alpha value is -9.95. The number of aliphatic imine (C=N–C) groups is 3. The van der Waals surface area contributed by atoms with Gasteiger partial charge in [-0.05, 0) is 111 Å². The van der Waals surface area contributed by atoms with Crippen LogP contribution >= 0.6 is 0 Å². The van der Waals surface area contributed by atoms with E-state index in [2.05, 4.69) is 29.7 Å². The monoisotopic (exact) mass is 1150 g/mol. The number of nitrogen functional groups attached to an aromatic ring is 3. The topological polar surface area (TPSA) is 345 Å². The first kappa shape index (κ1) is 64.2. The summed E-state index contributed by atoms with van der Waals surface area (Å²) in [5, 5.41) is 20.1. The molecule has 11 N–H and O–H groups in total. The number of unbranched alkanes of at least 4 members (excludes halogenated alkanes) is 6. The van der Waals surface area contributed by atoms with Crippen LogP contribution in [0.15, 0.2) is 175 Å². The molecule has 2 amide bonds. The number of rotatable bonds is 19. The van der Waals surface area contributed by atoms with Gasteiger partial charge in [-0.25, -0.2) is 15.1 Å². The Morgan fingerprint density at radius 2 is 0.859 bits per heavy atom. The predicted molar refractivity (Wildman–Crippen MR) is 332 cm³/mol. The minimum atomic E-state index is -0.760. The van der Waals surface area contributed by atoms with Crippen molar-refractivity contribution in [3.8, 4) is 0 Å². The van der Waals surface area contributed by atoms with Crippen LogP contribution in [0, 0.1) is 17.8 Å². The van der Waals surface area contributed by atoms with Crippen molar-refractivity contribution in [2.45, 2.75) is 96.3 Å². The van der Waals surface area contributed by atoms with E-state index < -0.39 is 17.4 Å². The number of aromatic nitrogens is 1. The number of nitrogens with one attached hydrogen (secondary N) is 3. The molecular formula is C65H71N9O11. The summed E-state index contributed by atoms with van der Waals surface area (Å²) < 4.78 is 4.32. The van der Waals surface area contributed by atoms with Gasteiger partial charge in [0.2, 0.25) is 11.8 Å². The van der Waals surface area contributed by atoms with Crippen molar-refractivity contribution in [2.75, 3.05) is 22.5 Å². The van der Waals surface area contributed by atoms with Crippen LogP contribution in [0.1, 0.15) is 127 Å². The number of anilines is 4. The molecule has 442 valence electrons. The molecule has 10 rings (SSSR count). The van der Waals surface area contributed by atoms with E-state index >= 15 is 0 Å². The SMILES string of the molecule is Nc1ccccc1N.Nc1ccccc1NC(=O)CCCCCC1C=Nc2ccccc2C1=O.O=C(CCCCCC1C=Nc2ccccc2C1=O)NO.O=C(O)CCCCCC1C=Nc2ccccc2C1=O.O=c1[nH]c2ccccc2c(=O)o1. The predicted octanol–water partition coefficient (Wildman–Crippen LogP) is 11.6. The van der Waals surface area contributed by atoms with Gasteiger partial charge in [0.25, 0.3) is 0 Å². The van der Waals surface area contributed by atoms with Crippen molar-refractivity contribution < 1.29 is 43.5 Å². The number of carboxylic acid groups (broad SMARTS) is 1. The van der Waals surface area contributed by atoms with E-state index in [0.29, 0.717) is 76.0 Å². The fraction of sp³-hybridized carbons (Fsp3) is 0.277. The molecular weight excluding hydrogens is 1080 g/mol. The van der Waals surface area contributed by atoms with Crippen LogP contribution in [0.4, 0.5) is 39.8 Å². The number of benzene rings is 6. The van der Waals surface area contributed by atoms with Gasteiger partial charge in [-0.3, -0.25) is 53.9 Å². The van der Waals surface area contributed by atoms with Gasteiger partial charge in [0.1, 0.15) is 0 Å². The molecule has 7 aromatic rings. The van der Waals surface area contributed by atoms with Crippen molar-refractivity contribution in [3.05, 3.63) is 183 Å². The smallest absolute Gasteiger partial charge is 0.419 e. The molecule has 1 aromatic heterocycles. The number of H-pyrrole nitrogens is 1. The Morgan fingerprint density at radius 1 is 0.471 bits per heavy atom. The maximum Gasteiger partial charge on any atom is 0.419 e. The third-order valence-corrected chi connectivity index (χ3v) is 13.9. The number of aliphatic carboxylic acids is 1. The average Bonchev–Trinajstić information content (AvgIpc) is 3.13. The molecule has 3 atom stereocenters. The molecule has 3 aliphatic rings. The third kappa shape index (κ3) is 20.5. The summed E-state index contributed by atoms with van der Waals surface area (Å²) in [7, 11) is 0. The Kier molecular flexibility index (Phi) is 25.6. The van der Waals surface area contributed by atoms with Crippen LogP contribution < -0.4 is 39.4 Å². The molecule has 0 aliphatic carbocycles. The van der Waals surface area contributed by atoms with Crippen molar-refractivity contribution in [3.63, 3.8) is 0 Å². The summed E-state index contributed by atoms with van der Waals surface area (Å²) in [6, 6.07) is 43.3. The van der Waals surface area contributed by atoms with Crippen molar-refractivity contribution in [1.29, 1.82) is 0 Å². The van der Waals surface area contributed by atoms with E-state index in [9.17, 15) is 38.4 Å². The number of carboxylic acids is 1. The molecule has 85 heavy (non-hydrogen) atoms. The molecule has 3 unspecified atom stereocenters. The van der Waals surface area contributed by atoms with Crippen LogP contribution in [0.3, 0.4) is 0 Å². The zero-order chi connectivity index (χ0) is 60.9. The van der Waals surface area contributed by atoms with Crippen LogP contribution in [0.2, 0.25) is 0 Å². The molecule has 4 heterocycles. The largest absolute Gasteiger partial charge is 0.481 e. The van der Waals surface area contributed by atoms with Gasteiger partial charge < -0.3 is 32.0 Å². The Morgan fingerprint density at radius 3 is 1.29 bits per heavy atom. The molecule has 20 nitrogen and oxygen atoms in total. The van der Waals surface area contributed by atoms with Crippen molar-refractivity contribution >= 4 is 104 Å². The number of fused-ring (bicyclic) bond motifs is 4. The number of nitrogens with two attached hydrogens (primary N) is 3. The fourth-order valence-corrected chi connectivity index (χ4v) is 9.22. The third-order valence-electron chi connectivity index (χ3n) is 13.9. The van der Waals surface area contributed by atoms with Gasteiger partial charge in [0, 0.05) is 54.6 Å². The zero-order valence-corrected chi connectivity index (χ0v) is 47.1. The van der Waals surface area contributed by atoms with Gasteiger partial charge in [-0.2, -0.15) is 0 Å². The van der Waals surface area contributed by atoms with Crippen LogP contribution in [0.25, 0.3) is 10.9 Å². The average molecular weight is 1150 g/mol. The highest BCUT2D eigenvalue weighted by atomic mass is 16.5. The second kappa shape index (κ2) is 33.8. The maximum absolute atomic E-state index is 12.5. The summed E-state index contributed by atoms with van der Waals surface area (Å²) in [4.78, 5) is 107. The number of amides is 2. The minimum absolute atomic E-state index is 0.0351. The summed E-state index contributed by atoms with van der Waals surface area (Å²) >= 11 is 0. The fourth-order valence-electron chi connectivity index (χ4n) is 9.22. The number of ketones is 3. The summed E-state index contributed by atoms with van der Waals surface area (Å²) in [5.41, 5.74) is 25.0. The first-order valence-electron chi connectivity index (χ1n) is 28.2. The van der Waals surface area contributed by atoms with Gasteiger partial charge in [-0.15, -0.1) is 0 Å². The number of carbonyl (C=O) groups is 6. The van der Waals surface area contributed by atoms with Crippen molar-refractivity contribution in [1.82, 2.24) is 10.5 Å². The normalized spacial score (nSPS) is 14.9. The highest BCUT2D eigenvalue weighted by molar-refractivity contribution is 6.13. The number of para-hydroxylation sites is 8. The summed E-state index contributed by atoms with van der Waals surface area (Å²) in [6.07, 6.45) is 15.8. The molecule has 20 heteroatoms. The Labute approximate surface area is 491 Å². The number of hydrogen-bond donors (Lipinski definition) is 8. The van der Waals surface area contributed by atoms with Gasteiger partial charge in [0.05, 0.1) is 68.5 Å². The number of Topliss-reactive ketones (excluding diaryl/α,β-unsaturated/α-hetero) is 3. The minimum Gasteiger partial charge on any atom is -0.481 e. The molecule has 0 fully saturated rings. The molecule has 6 aromatic carbocycles. The second-order valence-electron chi connectivity index (χ2n) is 20.1. The number of aromatic amines is 1. The van der Waals surface area contributed by atoms with Gasteiger partial charge in [-0.1, -0.05) is 111 Å². The second-order valence-corrected chi connectivity index (χ2v) is 20.1. The lowest BCUT2D eigenvalue weighted by Gasteiger charge is -2.17. The van der Waals surface area contributed by atoms with Crippen LogP contribution in [-0.4, -0.2) is 69.1 Å². The lowest BCUT2D eigenvalue weighted by molar-refractivity contribution is -0.137. The number of carbonyl (C=O) groups excluding carboxylic acids is 5. The molecule has 0 saturated heterocycles. The summed E-state index contributed by atoms with van der Waals surface area (Å²) in [6.45, 7) is 0. The number of hydroxylamine groups is 1. The first-order chi connectivity index (χ1) is 41.1. The number of hydrogen-bond acceptors (Lipinski definition) is 16. The van der Waals surface area contributed by atoms with E-state index in [0.717, 1.165) is 81.3 Å². The Bertz CT molecular complexity index is 3610. The molecule has 3 aliphatic heterocycles. The first-order valence-corrected chi connectivity index (χ1v) is 28.2. The molecule has 0 bridgehead atoms. The number of nitrogens with zero attached hydrogens (tertiary/aromatic N) is 3. The van der Waals surface area contributed by atoms with E-state index in [1.165, 1.54) is 0 Å². The molecule has 0 radical (unpaired) electrons. The van der Waals surface area contributed by atoms with Crippen LogP contribution in [-0.2, 0) is 14.4 Å². The van der Waals surface area contributed by atoms with E-state index in [4.69, 9.17) is 27.5 Å². The maximum atomic E-state index is 12.5. The lowest BCUT2D eigenvalue weighted by Crippen LogP contribution is -2.20. The van der Waals surface area contributed by atoms with Gasteiger partial charge >= 0.3 is 17.4 Å². The van der Waals surface area contributed by atoms with Gasteiger partial charge in [0.15, 0.2) is 17.3 Å². The zero-order valence-electron chi connectivity index (χ0n) is 47.1. The van der Waals surface area contributed by atoms with E-state index in [1.807, 2.05) is 97.1 Å². The highest BCUT2D eigenvalue weighted by Crippen LogP contribution is 2.31. The Balaban J connectivity index is 0.000000178. The summed E-state index contributed by atoms with van der Waals surface area (Å²) in [5.74, 6) is -1.94.